The van der Waals surface area contributed by atoms with Gasteiger partial charge >= 0.3 is 16.3 Å². The summed E-state index contributed by atoms with van der Waals surface area (Å²) in [5.74, 6) is 0.0936. The molecule has 0 heterocycles. The monoisotopic (exact) mass is 302 g/mol. The maximum Gasteiger partial charge on any atom is 0.421 e. The first-order valence-corrected chi connectivity index (χ1v) is 7.43. The third kappa shape index (κ3) is 4.10. The Morgan fingerprint density at radius 2 is 1.95 bits per heavy atom. The van der Waals surface area contributed by atoms with E-state index < -0.39 is 22.3 Å². The van der Waals surface area contributed by atoms with Crippen molar-refractivity contribution in [1.29, 1.82) is 0 Å². The maximum atomic E-state index is 12.0. The lowest BCUT2D eigenvalue weighted by molar-refractivity contribution is 0.158. The van der Waals surface area contributed by atoms with E-state index >= 15 is 0 Å². The van der Waals surface area contributed by atoms with E-state index in [2.05, 4.69) is 4.74 Å². The highest BCUT2D eigenvalue weighted by Crippen LogP contribution is 2.22. The number of amides is 1. The molecular weight excluding hydrogens is 284 g/mol. The van der Waals surface area contributed by atoms with E-state index in [9.17, 15) is 18.3 Å². The normalized spacial score (nSPS) is 13.0. The fraction of sp³-hybridized carbons (Fsp3) is 0.417. The number of aromatic hydroxyl groups is 1. The van der Waals surface area contributed by atoms with Gasteiger partial charge < -0.3 is 9.84 Å². The zero-order valence-corrected chi connectivity index (χ0v) is 12.3. The number of carbonyl (C=O) groups is 1. The minimum atomic E-state index is -3.99. The number of phenols is 1. The van der Waals surface area contributed by atoms with E-state index in [0.29, 0.717) is 5.56 Å². The molecule has 0 aliphatic heterocycles. The minimum Gasteiger partial charge on any atom is -0.508 e. The van der Waals surface area contributed by atoms with Crippen molar-refractivity contribution in [2.75, 3.05) is 13.7 Å². The Hall–Kier alpha value is -1.80. The van der Waals surface area contributed by atoms with Crippen LogP contribution >= 0.6 is 0 Å². The van der Waals surface area contributed by atoms with E-state index in [1.807, 2.05) is 0 Å². The van der Waals surface area contributed by atoms with Crippen molar-refractivity contribution >= 4 is 16.3 Å². The first kappa shape index (κ1) is 16.3. The van der Waals surface area contributed by atoms with E-state index in [1.54, 1.807) is 30.7 Å². The Morgan fingerprint density at radius 1 is 1.40 bits per heavy atom. The fourth-order valence-corrected chi connectivity index (χ4v) is 2.46. The van der Waals surface area contributed by atoms with Crippen LogP contribution in [0.5, 0.6) is 5.75 Å². The average molecular weight is 302 g/mol. The number of benzene rings is 1. The molecule has 8 heteroatoms. The van der Waals surface area contributed by atoms with Gasteiger partial charge in [-0.1, -0.05) is 12.1 Å². The van der Waals surface area contributed by atoms with Crippen LogP contribution in [0, 0.1) is 0 Å². The quantitative estimate of drug-likeness (QED) is 0.856. The molecule has 0 aliphatic carbocycles. The maximum absolute atomic E-state index is 12.0. The number of nitrogens with one attached hydrogen (secondary N) is 1. The second kappa shape index (κ2) is 6.58. The van der Waals surface area contributed by atoms with Gasteiger partial charge in [0.05, 0.1) is 6.61 Å². The highest BCUT2D eigenvalue weighted by atomic mass is 32.2. The Kier molecular flexibility index (Phi) is 5.34. The number of nitrogens with zero attached hydrogens (tertiary/aromatic N) is 1. The molecule has 0 radical (unpaired) electrons. The second-order valence-electron chi connectivity index (χ2n) is 4.11. The van der Waals surface area contributed by atoms with E-state index in [0.717, 1.165) is 4.31 Å². The molecule has 1 amide bonds. The summed E-state index contributed by atoms with van der Waals surface area (Å²) < 4.78 is 31.3. The van der Waals surface area contributed by atoms with Gasteiger partial charge in [-0.3, -0.25) is 0 Å². The SMILES string of the molecule is CCOC(=O)NS(=O)(=O)N(C)C(C)c1ccc(O)cc1. The molecule has 0 spiro atoms. The van der Waals surface area contributed by atoms with Crippen molar-refractivity contribution in [2.24, 2.45) is 0 Å². The lowest BCUT2D eigenvalue weighted by atomic mass is 10.1. The Balaban J connectivity index is 2.84. The molecule has 0 aromatic heterocycles. The molecule has 7 nitrogen and oxygen atoms in total. The smallest absolute Gasteiger partial charge is 0.421 e. The van der Waals surface area contributed by atoms with Crippen LogP contribution in [0.2, 0.25) is 0 Å². The van der Waals surface area contributed by atoms with Crippen LogP contribution in [-0.4, -0.2) is 37.6 Å². The molecule has 1 aromatic rings. The van der Waals surface area contributed by atoms with Crippen LogP contribution in [0.1, 0.15) is 25.5 Å². The molecule has 0 saturated heterocycles. The molecule has 20 heavy (non-hydrogen) atoms. The van der Waals surface area contributed by atoms with Crippen molar-refractivity contribution in [3.05, 3.63) is 29.8 Å². The summed E-state index contributed by atoms with van der Waals surface area (Å²) in [5.41, 5.74) is 0.680. The number of hydrogen-bond donors (Lipinski definition) is 2. The third-order valence-electron chi connectivity index (χ3n) is 2.79. The summed E-state index contributed by atoms with van der Waals surface area (Å²) in [4.78, 5) is 11.2. The lowest BCUT2D eigenvalue weighted by Crippen LogP contribution is -2.42. The zero-order valence-electron chi connectivity index (χ0n) is 11.5. The largest absolute Gasteiger partial charge is 0.508 e. The molecule has 0 fully saturated rings. The van der Waals surface area contributed by atoms with Crippen molar-refractivity contribution in [3.63, 3.8) is 0 Å². The number of ether oxygens (including phenoxy) is 1. The molecule has 0 bridgehead atoms. The Labute approximate surface area is 118 Å². The van der Waals surface area contributed by atoms with E-state index in [4.69, 9.17) is 0 Å². The molecule has 1 aromatic carbocycles. The van der Waals surface area contributed by atoms with Gasteiger partial charge in [-0.15, -0.1) is 0 Å². The predicted octanol–water partition coefficient (Wildman–Crippen LogP) is 1.38. The zero-order chi connectivity index (χ0) is 15.3. The molecule has 1 atom stereocenters. The Bertz CT molecular complexity index is 556. The number of carbonyl (C=O) groups excluding carboxylic acids is 1. The summed E-state index contributed by atoms with van der Waals surface area (Å²) in [7, 11) is -2.65. The summed E-state index contributed by atoms with van der Waals surface area (Å²) in [5, 5.41) is 9.21. The first-order chi connectivity index (χ1) is 9.27. The second-order valence-corrected chi connectivity index (χ2v) is 5.84. The summed E-state index contributed by atoms with van der Waals surface area (Å²) in [6, 6.07) is 5.63. The van der Waals surface area contributed by atoms with Crippen LogP contribution in [0.15, 0.2) is 24.3 Å². The van der Waals surface area contributed by atoms with Gasteiger partial charge in [0.2, 0.25) is 0 Å². The van der Waals surface area contributed by atoms with Crippen molar-refractivity contribution in [3.8, 4) is 5.75 Å². The minimum absolute atomic E-state index is 0.0819. The first-order valence-electron chi connectivity index (χ1n) is 5.99. The molecule has 0 saturated carbocycles. The highest BCUT2D eigenvalue weighted by molar-refractivity contribution is 7.87. The van der Waals surface area contributed by atoms with Gasteiger partial charge in [0, 0.05) is 13.1 Å². The molecule has 1 unspecified atom stereocenters. The molecule has 0 aliphatic rings. The van der Waals surface area contributed by atoms with Gasteiger partial charge in [0.1, 0.15) is 5.75 Å². The van der Waals surface area contributed by atoms with Gasteiger partial charge in [-0.25, -0.2) is 9.52 Å². The van der Waals surface area contributed by atoms with Crippen LogP contribution in [0.25, 0.3) is 0 Å². The van der Waals surface area contributed by atoms with Crippen molar-refractivity contribution < 1.29 is 23.1 Å². The molecule has 2 N–H and O–H groups in total. The van der Waals surface area contributed by atoms with Crippen LogP contribution in [-0.2, 0) is 14.9 Å². The standard InChI is InChI=1S/C12H18N2O5S/c1-4-19-12(16)13-20(17,18)14(3)9(2)10-5-7-11(15)8-6-10/h5-9,15H,4H2,1-3H3,(H,13,16). The average Bonchev–Trinajstić information content (AvgIpc) is 2.37. The molecular formula is C12H18N2O5S. The van der Waals surface area contributed by atoms with Crippen molar-refractivity contribution in [1.82, 2.24) is 9.03 Å². The highest BCUT2D eigenvalue weighted by Gasteiger charge is 2.26. The lowest BCUT2D eigenvalue weighted by Gasteiger charge is -2.24. The fourth-order valence-electron chi connectivity index (χ4n) is 1.51. The van der Waals surface area contributed by atoms with E-state index in [-0.39, 0.29) is 12.4 Å². The van der Waals surface area contributed by atoms with Crippen LogP contribution in [0.4, 0.5) is 4.79 Å². The number of rotatable bonds is 5. The van der Waals surface area contributed by atoms with Gasteiger partial charge in [0.15, 0.2) is 0 Å². The number of phenolic OH excluding ortho intramolecular Hbond substituents is 1. The summed E-state index contributed by atoms with van der Waals surface area (Å²) >= 11 is 0. The third-order valence-corrected chi connectivity index (χ3v) is 4.29. The van der Waals surface area contributed by atoms with E-state index in [1.165, 1.54) is 19.2 Å². The van der Waals surface area contributed by atoms with Gasteiger partial charge in [-0.2, -0.15) is 12.7 Å². The Morgan fingerprint density at radius 3 is 2.45 bits per heavy atom. The van der Waals surface area contributed by atoms with Gasteiger partial charge in [0.25, 0.3) is 0 Å². The summed E-state index contributed by atoms with van der Waals surface area (Å²) in [6.07, 6.45) is -1.02. The summed E-state index contributed by atoms with van der Waals surface area (Å²) in [6.45, 7) is 3.32. The van der Waals surface area contributed by atoms with Crippen LogP contribution < -0.4 is 4.72 Å². The van der Waals surface area contributed by atoms with Crippen LogP contribution in [0.3, 0.4) is 0 Å². The predicted molar refractivity (Wildman–Crippen MR) is 73.4 cm³/mol. The number of hydrogen-bond acceptors (Lipinski definition) is 5. The molecule has 1 rings (SSSR count). The van der Waals surface area contributed by atoms with Crippen molar-refractivity contribution in [2.45, 2.75) is 19.9 Å². The molecule has 112 valence electrons. The topological polar surface area (TPSA) is 95.9 Å². The van der Waals surface area contributed by atoms with Gasteiger partial charge in [-0.05, 0) is 31.5 Å².